The molecule has 0 bridgehead atoms. The fraction of sp³-hybridized carbons (Fsp3) is 0.364. The summed E-state index contributed by atoms with van der Waals surface area (Å²) in [5, 5.41) is 0. The molecule has 2 rings (SSSR count). The molecular formula is C11H14N2O. The molecule has 1 aromatic rings. The molecule has 2 atom stereocenters. The molecule has 1 saturated heterocycles. The smallest absolute Gasteiger partial charge is 0.246 e. The number of nitrogens with zero attached hydrogens (tertiary/aromatic N) is 1. The van der Waals surface area contributed by atoms with Crippen LogP contribution in [0, 0.1) is 6.92 Å². The Morgan fingerprint density at radius 3 is 2.36 bits per heavy atom. The van der Waals surface area contributed by atoms with E-state index in [-0.39, 0.29) is 18.0 Å². The zero-order valence-electron chi connectivity index (χ0n) is 8.40. The van der Waals surface area contributed by atoms with Crippen LogP contribution in [0.4, 0.5) is 5.69 Å². The monoisotopic (exact) mass is 190 g/mol. The summed E-state index contributed by atoms with van der Waals surface area (Å²) in [6.45, 7) is 3.99. The zero-order chi connectivity index (χ0) is 10.3. The van der Waals surface area contributed by atoms with Gasteiger partial charge in [0.25, 0.3) is 0 Å². The Bertz CT molecular complexity index is 358. The van der Waals surface area contributed by atoms with E-state index in [1.807, 2.05) is 38.1 Å². The lowest BCUT2D eigenvalue weighted by Crippen LogP contribution is -2.67. The molecule has 0 radical (unpaired) electrons. The van der Waals surface area contributed by atoms with Crippen LogP contribution in [0.25, 0.3) is 0 Å². The predicted octanol–water partition coefficient (Wildman–Crippen LogP) is 1.06. The number of hydrogen-bond donors (Lipinski definition) is 1. The predicted molar refractivity (Wildman–Crippen MR) is 56.1 cm³/mol. The highest BCUT2D eigenvalue weighted by atomic mass is 16.2. The van der Waals surface area contributed by atoms with E-state index in [1.54, 1.807) is 4.90 Å². The maximum atomic E-state index is 11.5. The Labute approximate surface area is 83.5 Å². The SMILES string of the molecule is Cc1ccc(N2C(=O)[C@H](N)[C@H]2C)cc1. The fourth-order valence-electron chi connectivity index (χ4n) is 1.71. The normalized spacial score (nSPS) is 26.2. The summed E-state index contributed by atoms with van der Waals surface area (Å²) < 4.78 is 0. The van der Waals surface area contributed by atoms with Crippen molar-refractivity contribution in [2.24, 2.45) is 5.73 Å². The average molecular weight is 190 g/mol. The number of nitrogens with two attached hydrogens (primary N) is 1. The molecule has 0 aromatic heterocycles. The van der Waals surface area contributed by atoms with Crippen molar-refractivity contribution >= 4 is 11.6 Å². The van der Waals surface area contributed by atoms with Crippen LogP contribution in [-0.2, 0) is 4.79 Å². The van der Waals surface area contributed by atoms with Crippen molar-refractivity contribution in [3.8, 4) is 0 Å². The zero-order valence-corrected chi connectivity index (χ0v) is 8.40. The number of anilines is 1. The third kappa shape index (κ3) is 1.21. The van der Waals surface area contributed by atoms with Gasteiger partial charge >= 0.3 is 0 Å². The Hall–Kier alpha value is -1.35. The van der Waals surface area contributed by atoms with Gasteiger partial charge < -0.3 is 10.6 Å². The third-order valence-electron chi connectivity index (χ3n) is 2.76. The molecule has 1 fully saturated rings. The molecule has 1 aliphatic heterocycles. The van der Waals surface area contributed by atoms with Crippen LogP contribution in [0.5, 0.6) is 0 Å². The number of carbonyl (C=O) groups excluding carboxylic acids is 1. The molecule has 1 heterocycles. The maximum absolute atomic E-state index is 11.5. The number of β-lactam (4-membered cyclic amide) rings is 1. The summed E-state index contributed by atoms with van der Waals surface area (Å²) in [5.41, 5.74) is 7.76. The quantitative estimate of drug-likeness (QED) is 0.673. The Morgan fingerprint density at radius 2 is 1.86 bits per heavy atom. The molecule has 1 amide bonds. The second-order valence-electron chi connectivity index (χ2n) is 3.81. The molecule has 3 heteroatoms. The Kier molecular flexibility index (Phi) is 2.04. The van der Waals surface area contributed by atoms with E-state index in [0.717, 1.165) is 5.69 Å². The topological polar surface area (TPSA) is 46.3 Å². The first kappa shape index (κ1) is 9.21. The number of hydrogen-bond acceptors (Lipinski definition) is 2. The number of aryl methyl sites for hydroxylation is 1. The number of benzene rings is 1. The number of rotatable bonds is 1. The van der Waals surface area contributed by atoms with Crippen molar-refractivity contribution in [3.05, 3.63) is 29.8 Å². The molecule has 2 N–H and O–H groups in total. The molecule has 74 valence electrons. The summed E-state index contributed by atoms with van der Waals surface area (Å²) in [6.07, 6.45) is 0. The van der Waals surface area contributed by atoms with Gasteiger partial charge in [0.05, 0.1) is 6.04 Å². The molecule has 1 aliphatic rings. The average Bonchev–Trinajstić information content (AvgIpc) is 2.21. The van der Waals surface area contributed by atoms with Crippen molar-refractivity contribution in [3.63, 3.8) is 0 Å². The minimum Gasteiger partial charge on any atom is -0.318 e. The minimum absolute atomic E-state index is 0.0151. The first-order valence-electron chi connectivity index (χ1n) is 4.76. The van der Waals surface area contributed by atoms with Crippen LogP contribution in [0.15, 0.2) is 24.3 Å². The van der Waals surface area contributed by atoms with E-state index in [4.69, 9.17) is 5.73 Å². The summed E-state index contributed by atoms with van der Waals surface area (Å²) >= 11 is 0. The van der Waals surface area contributed by atoms with Crippen LogP contribution >= 0.6 is 0 Å². The molecule has 3 nitrogen and oxygen atoms in total. The Morgan fingerprint density at radius 1 is 1.29 bits per heavy atom. The van der Waals surface area contributed by atoms with Gasteiger partial charge in [0, 0.05) is 5.69 Å². The number of amides is 1. The van der Waals surface area contributed by atoms with Gasteiger partial charge in [0.15, 0.2) is 0 Å². The minimum atomic E-state index is -0.323. The highest BCUT2D eigenvalue weighted by molar-refractivity contribution is 6.05. The molecule has 0 saturated carbocycles. The lowest BCUT2D eigenvalue weighted by Gasteiger charge is -2.43. The standard InChI is InChI=1S/C11H14N2O/c1-7-3-5-9(6-4-7)13-8(2)10(12)11(13)14/h3-6,8,10H,12H2,1-2H3/t8-,10-/m1/s1. The first-order valence-corrected chi connectivity index (χ1v) is 4.76. The van der Waals surface area contributed by atoms with Gasteiger partial charge in [0.1, 0.15) is 6.04 Å². The molecule has 0 aliphatic carbocycles. The van der Waals surface area contributed by atoms with Crippen LogP contribution in [0.3, 0.4) is 0 Å². The second kappa shape index (κ2) is 3.10. The third-order valence-corrected chi connectivity index (χ3v) is 2.76. The van der Waals surface area contributed by atoms with Crippen LogP contribution < -0.4 is 10.6 Å². The van der Waals surface area contributed by atoms with E-state index in [1.165, 1.54) is 5.56 Å². The van der Waals surface area contributed by atoms with Gasteiger partial charge in [-0.2, -0.15) is 0 Å². The van der Waals surface area contributed by atoms with E-state index in [0.29, 0.717) is 0 Å². The van der Waals surface area contributed by atoms with E-state index in [9.17, 15) is 4.79 Å². The number of carbonyl (C=O) groups is 1. The molecule has 0 unspecified atom stereocenters. The summed E-state index contributed by atoms with van der Waals surface area (Å²) in [6, 6.07) is 7.70. The van der Waals surface area contributed by atoms with Crippen LogP contribution in [0.2, 0.25) is 0 Å². The molecule has 14 heavy (non-hydrogen) atoms. The van der Waals surface area contributed by atoms with Crippen molar-refractivity contribution < 1.29 is 4.79 Å². The molecule has 0 spiro atoms. The first-order chi connectivity index (χ1) is 6.61. The lowest BCUT2D eigenvalue weighted by molar-refractivity contribution is -0.125. The van der Waals surface area contributed by atoms with Crippen molar-refractivity contribution in [1.29, 1.82) is 0 Å². The van der Waals surface area contributed by atoms with Crippen molar-refractivity contribution in [1.82, 2.24) is 0 Å². The van der Waals surface area contributed by atoms with Gasteiger partial charge in [-0.1, -0.05) is 17.7 Å². The summed E-state index contributed by atoms with van der Waals surface area (Å²) in [7, 11) is 0. The van der Waals surface area contributed by atoms with E-state index >= 15 is 0 Å². The highest BCUT2D eigenvalue weighted by Gasteiger charge is 2.42. The van der Waals surface area contributed by atoms with E-state index in [2.05, 4.69) is 0 Å². The fourth-order valence-corrected chi connectivity index (χ4v) is 1.71. The molecule has 1 aromatic carbocycles. The van der Waals surface area contributed by atoms with Crippen LogP contribution in [0.1, 0.15) is 12.5 Å². The Balaban J connectivity index is 2.25. The van der Waals surface area contributed by atoms with Gasteiger partial charge in [-0.05, 0) is 26.0 Å². The van der Waals surface area contributed by atoms with Crippen LogP contribution in [-0.4, -0.2) is 18.0 Å². The van der Waals surface area contributed by atoms with Crippen molar-refractivity contribution in [2.75, 3.05) is 4.90 Å². The molecular weight excluding hydrogens is 176 g/mol. The summed E-state index contributed by atoms with van der Waals surface area (Å²) in [5.74, 6) is 0.0151. The van der Waals surface area contributed by atoms with Gasteiger partial charge in [-0.15, -0.1) is 0 Å². The summed E-state index contributed by atoms with van der Waals surface area (Å²) in [4.78, 5) is 13.2. The van der Waals surface area contributed by atoms with Gasteiger partial charge in [-0.25, -0.2) is 0 Å². The van der Waals surface area contributed by atoms with E-state index < -0.39 is 0 Å². The maximum Gasteiger partial charge on any atom is 0.246 e. The van der Waals surface area contributed by atoms with Crippen molar-refractivity contribution in [2.45, 2.75) is 25.9 Å². The highest BCUT2D eigenvalue weighted by Crippen LogP contribution is 2.26. The second-order valence-corrected chi connectivity index (χ2v) is 3.81. The lowest BCUT2D eigenvalue weighted by atomic mass is 9.96. The van der Waals surface area contributed by atoms with Gasteiger partial charge in [-0.3, -0.25) is 4.79 Å². The van der Waals surface area contributed by atoms with Gasteiger partial charge in [0.2, 0.25) is 5.91 Å². The largest absolute Gasteiger partial charge is 0.318 e.